The molecule has 3 heteroatoms. The highest BCUT2D eigenvalue weighted by atomic mass is 32.2. The van der Waals surface area contributed by atoms with Crippen molar-refractivity contribution in [2.75, 3.05) is 5.75 Å². The van der Waals surface area contributed by atoms with E-state index in [1.165, 1.54) is 0 Å². The molecule has 0 atom stereocenters. The van der Waals surface area contributed by atoms with E-state index < -0.39 is 9.84 Å². The first-order valence-electron chi connectivity index (χ1n) is 5.02. The van der Waals surface area contributed by atoms with Gasteiger partial charge in [0.05, 0.1) is 10.6 Å². The molecule has 0 unspecified atom stereocenters. The van der Waals surface area contributed by atoms with Crippen molar-refractivity contribution in [3.05, 3.63) is 29.8 Å². The highest BCUT2D eigenvalue weighted by Crippen LogP contribution is 2.24. The Morgan fingerprint density at radius 1 is 1.33 bits per heavy atom. The fourth-order valence-electron chi connectivity index (χ4n) is 1.24. The first-order valence-corrected chi connectivity index (χ1v) is 6.67. The summed E-state index contributed by atoms with van der Waals surface area (Å²) in [6.45, 7) is 7.78. The zero-order valence-electron chi connectivity index (χ0n) is 9.66. The Kier molecular flexibility index (Phi) is 3.24. The molecule has 0 aliphatic heterocycles. The molecule has 15 heavy (non-hydrogen) atoms. The SMILES string of the molecule is CCS(=O)(=O)c1cc[c]c(C(C)(C)C)c1. The van der Waals surface area contributed by atoms with Gasteiger partial charge in [-0.25, -0.2) is 8.42 Å². The van der Waals surface area contributed by atoms with Gasteiger partial charge < -0.3 is 0 Å². The van der Waals surface area contributed by atoms with Gasteiger partial charge in [0.1, 0.15) is 0 Å². The van der Waals surface area contributed by atoms with Gasteiger partial charge in [-0.1, -0.05) is 33.8 Å². The Morgan fingerprint density at radius 3 is 2.40 bits per heavy atom. The van der Waals surface area contributed by atoms with E-state index in [0.29, 0.717) is 4.90 Å². The molecule has 0 spiro atoms. The summed E-state index contributed by atoms with van der Waals surface area (Å²) in [7, 11) is -3.10. The van der Waals surface area contributed by atoms with Crippen molar-refractivity contribution in [1.29, 1.82) is 0 Å². The summed E-state index contributed by atoms with van der Waals surface area (Å²) in [5, 5.41) is 0. The van der Waals surface area contributed by atoms with Crippen LogP contribution in [0.25, 0.3) is 0 Å². The predicted octanol–water partition coefficient (Wildman–Crippen LogP) is 2.58. The Labute approximate surface area is 92.2 Å². The molecule has 0 aliphatic rings. The van der Waals surface area contributed by atoms with E-state index in [1.54, 1.807) is 25.1 Å². The molecule has 0 fully saturated rings. The van der Waals surface area contributed by atoms with Crippen LogP contribution in [0.4, 0.5) is 0 Å². The Morgan fingerprint density at radius 2 is 1.93 bits per heavy atom. The average molecular weight is 225 g/mol. The number of rotatable bonds is 2. The molecule has 2 nitrogen and oxygen atoms in total. The third-order valence-corrected chi connectivity index (χ3v) is 4.05. The van der Waals surface area contributed by atoms with Crippen LogP contribution in [0, 0.1) is 6.07 Å². The van der Waals surface area contributed by atoms with Gasteiger partial charge in [0, 0.05) is 0 Å². The number of sulfone groups is 1. The molecule has 0 aliphatic carbocycles. The van der Waals surface area contributed by atoms with Crippen molar-refractivity contribution in [1.82, 2.24) is 0 Å². The van der Waals surface area contributed by atoms with Gasteiger partial charge in [0.15, 0.2) is 9.84 Å². The van der Waals surface area contributed by atoms with Crippen molar-refractivity contribution in [2.24, 2.45) is 0 Å². The van der Waals surface area contributed by atoms with E-state index in [4.69, 9.17) is 0 Å². The minimum Gasteiger partial charge on any atom is -0.224 e. The van der Waals surface area contributed by atoms with E-state index in [1.807, 2.05) is 20.8 Å². The van der Waals surface area contributed by atoms with Crippen molar-refractivity contribution in [2.45, 2.75) is 38.0 Å². The van der Waals surface area contributed by atoms with Crippen molar-refractivity contribution in [3.63, 3.8) is 0 Å². The minimum atomic E-state index is -3.10. The summed E-state index contributed by atoms with van der Waals surface area (Å²) >= 11 is 0. The minimum absolute atomic E-state index is 0.0702. The summed E-state index contributed by atoms with van der Waals surface area (Å²) in [5.41, 5.74) is 0.858. The standard InChI is InChI=1S/C12H17O2S/c1-5-15(13,14)11-8-6-7-10(9-11)12(2,3)4/h6,8-9H,5H2,1-4H3. The van der Waals surface area contributed by atoms with E-state index in [0.717, 1.165) is 5.56 Å². The molecule has 1 aromatic rings. The van der Waals surface area contributed by atoms with Gasteiger partial charge in [0.25, 0.3) is 0 Å². The molecule has 0 aromatic heterocycles. The third kappa shape index (κ3) is 2.81. The van der Waals surface area contributed by atoms with Crippen molar-refractivity contribution >= 4 is 9.84 Å². The Balaban J connectivity index is 3.27. The van der Waals surface area contributed by atoms with Gasteiger partial charge in [-0.2, -0.15) is 0 Å². The van der Waals surface area contributed by atoms with Crippen LogP contribution in [0.5, 0.6) is 0 Å². The lowest BCUT2D eigenvalue weighted by Gasteiger charge is -2.19. The highest BCUT2D eigenvalue weighted by Gasteiger charge is 2.17. The van der Waals surface area contributed by atoms with E-state index in [9.17, 15) is 8.42 Å². The van der Waals surface area contributed by atoms with Crippen LogP contribution in [0.2, 0.25) is 0 Å². The zero-order valence-corrected chi connectivity index (χ0v) is 10.5. The summed E-state index contributed by atoms with van der Waals surface area (Å²) < 4.78 is 23.3. The topological polar surface area (TPSA) is 34.1 Å². The van der Waals surface area contributed by atoms with Crippen molar-refractivity contribution < 1.29 is 8.42 Å². The largest absolute Gasteiger partial charge is 0.224 e. The molecule has 1 aromatic carbocycles. The Bertz CT molecular complexity index is 439. The molecule has 0 saturated carbocycles. The van der Waals surface area contributed by atoms with Crippen LogP contribution in [0.3, 0.4) is 0 Å². The maximum Gasteiger partial charge on any atom is 0.178 e. The quantitative estimate of drug-likeness (QED) is 0.775. The molecular weight excluding hydrogens is 208 g/mol. The molecule has 0 N–H and O–H groups in total. The molecular formula is C12H17O2S. The third-order valence-electron chi connectivity index (χ3n) is 2.32. The zero-order chi connectivity index (χ0) is 11.7. The lowest BCUT2D eigenvalue weighted by Crippen LogP contribution is -2.13. The molecule has 1 rings (SSSR count). The van der Waals surface area contributed by atoms with E-state index in [-0.39, 0.29) is 11.2 Å². The van der Waals surface area contributed by atoms with E-state index in [2.05, 4.69) is 6.07 Å². The van der Waals surface area contributed by atoms with E-state index >= 15 is 0 Å². The smallest absolute Gasteiger partial charge is 0.178 e. The maximum absolute atomic E-state index is 11.7. The average Bonchev–Trinajstić information content (AvgIpc) is 2.17. The second-order valence-electron chi connectivity index (χ2n) is 4.59. The molecule has 83 valence electrons. The highest BCUT2D eigenvalue weighted by molar-refractivity contribution is 7.91. The molecule has 0 saturated heterocycles. The second kappa shape index (κ2) is 3.97. The summed E-state index contributed by atoms with van der Waals surface area (Å²) in [6, 6.07) is 8.09. The van der Waals surface area contributed by atoms with Crippen LogP contribution in [0.1, 0.15) is 33.3 Å². The van der Waals surface area contributed by atoms with Crippen LogP contribution >= 0.6 is 0 Å². The van der Waals surface area contributed by atoms with Crippen LogP contribution < -0.4 is 0 Å². The lowest BCUT2D eigenvalue weighted by molar-refractivity contribution is 0.583. The summed E-state index contributed by atoms with van der Waals surface area (Å²) in [5.74, 6) is 0.139. The molecule has 0 heterocycles. The lowest BCUT2D eigenvalue weighted by atomic mass is 9.87. The van der Waals surface area contributed by atoms with Crippen molar-refractivity contribution in [3.8, 4) is 0 Å². The van der Waals surface area contributed by atoms with Gasteiger partial charge in [0.2, 0.25) is 0 Å². The van der Waals surface area contributed by atoms with Crippen LogP contribution in [-0.4, -0.2) is 14.2 Å². The number of benzene rings is 1. The monoisotopic (exact) mass is 225 g/mol. The fourth-order valence-corrected chi connectivity index (χ4v) is 2.14. The van der Waals surface area contributed by atoms with Crippen LogP contribution in [-0.2, 0) is 15.3 Å². The molecule has 0 amide bonds. The summed E-state index contributed by atoms with van der Waals surface area (Å²) in [4.78, 5) is 0.397. The van der Waals surface area contributed by atoms with Gasteiger partial charge in [-0.15, -0.1) is 0 Å². The normalized spacial score (nSPS) is 12.8. The van der Waals surface area contributed by atoms with Gasteiger partial charge in [-0.3, -0.25) is 0 Å². The number of hydrogen-bond acceptors (Lipinski definition) is 2. The first-order chi connectivity index (χ1) is 6.77. The Hall–Kier alpha value is -0.830. The second-order valence-corrected chi connectivity index (χ2v) is 6.87. The predicted molar refractivity (Wildman–Crippen MR) is 61.7 cm³/mol. The van der Waals surface area contributed by atoms with Gasteiger partial charge in [-0.05, 0) is 29.2 Å². The molecule has 1 radical (unpaired) electrons. The first kappa shape index (κ1) is 12.2. The fraction of sp³-hybridized carbons (Fsp3) is 0.500. The van der Waals surface area contributed by atoms with Gasteiger partial charge >= 0.3 is 0 Å². The van der Waals surface area contributed by atoms with Crippen LogP contribution in [0.15, 0.2) is 23.1 Å². The number of hydrogen-bond donors (Lipinski definition) is 0. The maximum atomic E-state index is 11.7. The summed E-state index contributed by atoms with van der Waals surface area (Å²) in [6.07, 6.45) is 0. The molecule has 0 bridgehead atoms.